The minimum absolute atomic E-state index is 0.0450. The molecule has 1 aromatic rings. The van der Waals surface area contributed by atoms with Gasteiger partial charge in [-0.2, -0.15) is 0 Å². The first kappa shape index (κ1) is 20.7. The minimum Gasteiger partial charge on any atom is -0.481 e. The van der Waals surface area contributed by atoms with Gasteiger partial charge in [0.15, 0.2) is 0 Å². The third kappa shape index (κ3) is 3.81. The van der Waals surface area contributed by atoms with Crippen molar-refractivity contribution in [1.29, 1.82) is 0 Å². The summed E-state index contributed by atoms with van der Waals surface area (Å²) >= 11 is 1.51. The Morgan fingerprint density at radius 3 is 2.26 bits per heavy atom. The molecule has 2 bridgehead atoms. The molecule has 4 atom stereocenters. The van der Waals surface area contributed by atoms with E-state index < -0.39 is 17.8 Å². The van der Waals surface area contributed by atoms with E-state index in [0.717, 1.165) is 69.8 Å². The summed E-state index contributed by atoms with van der Waals surface area (Å²) in [6, 6.07) is 0.214. The largest absolute Gasteiger partial charge is 0.481 e. The number of anilines is 1. The Balaban J connectivity index is 1.42. The van der Waals surface area contributed by atoms with Crippen LogP contribution < -0.4 is 10.6 Å². The number of carbonyl (C=O) groups is 3. The molecular weight excluding hydrogens is 412 g/mol. The molecular formula is C24H30N2O4S. The minimum atomic E-state index is -0.899. The van der Waals surface area contributed by atoms with E-state index in [1.807, 2.05) is 12.2 Å². The fourth-order valence-corrected chi connectivity index (χ4v) is 7.39. The van der Waals surface area contributed by atoms with E-state index in [1.165, 1.54) is 16.2 Å². The van der Waals surface area contributed by atoms with Gasteiger partial charge in [-0.25, -0.2) is 0 Å². The highest BCUT2D eigenvalue weighted by atomic mass is 32.1. The van der Waals surface area contributed by atoms with E-state index >= 15 is 0 Å². The van der Waals surface area contributed by atoms with E-state index in [9.17, 15) is 19.5 Å². The Hall–Kier alpha value is -2.15. The zero-order valence-corrected chi connectivity index (χ0v) is 18.5. The number of allylic oxidation sites excluding steroid dienone is 2. The maximum Gasteiger partial charge on any atom is 0.307 e. The van der Waals surface area contributed by atoms with Crippen LogP contribution in [0.4, 0.5) is 5.00 Å². The number of carboxylic acids is 1. The number of hydrogen-bond acceptors (Lipinski definition) is 4. The summed E-state index contributed by atoms with van der Waals surface area (Å²) in [6.07, 6.45) is 13.9. The molecule has 3 N–H and O–H groups in total. The molecule has 6 rings (SSSR count). The van der Waals surface area contributed by atoms with Gasteiger partial charge in [-0.3, -0.25) is 14.4 Å². The van der Waals surface area contributed by atoms with Crippen molar-refractivity contribution in [1.82, 2.24) is 5.32 Å². The van der Waals surface area contributed by atoms with E-state index in [0.29, 0.717) is 10.6 Å². The van der Waals surface area contributed by atoms with Gasteiger partial charge >= 0.3 is 5.97 Å². The number of rotatable bonds is 5. The fourth-order valence-electron chi connectivity index (χ4n) is 6.11. The third-order valence-electron chi connectivity index (χ3n) is 7.66. The number of carboxylic acid groups (broad SMARTS) is 1. The van der Waals surface area contributed by atoms with Gasteiger partial charge in [-0.15, -0.1) is 11.3 Å². The van der Waals surface area contributed by atoms with Crippen molar-refractivity contribution in [3.05, 3.63) is 28.2 Å². The number of nitrogens with one attached hydrogen (secondary N) is 2. The van der Waals surface area contributed by atoms with E-state index in [-0.39, 0.29) is 29.7 Å². The van der Waals surface area contributed by atoms with Gasteiger partial charge in [0.25, 0.3) is 5.91 Å². The number of aryl methyl sites for hydroxylation is 1. The number of hydrogen-bond donors (Lipinski definition) is 3. The lowest BCUT2D eigenvalue weighted by Crippen LogP contribution is -2.47. The molecule has 5 aliphatic rings. The van der Waals surface area contributed by atoms with E-state index in [2.05, 4.69) is 10.6 Å². The van der Waals surface area contributed by atoms with Crippen LogP contribution in [-0.4, -0.2) is 28.9 Å². The lowest BCUT2D eigenvalue weighted by Gasteiger charge is -2.41. The molecule has 0 saturated heterocycles. The summed E-state index contributed by atoms with van der Waals surface area (Å²) in [5.74, 6) is -2.62. The normalized spacial score (nSPS) is 29.5. The molecule has 0 radical (unpaired) electrons. The fraction of sp³-hybridized carbons (Fsp3) is 0.625. The van der Waals surface area contributed by atoms with Crippen LogP contribution >= 0.6 is 11.3 Å². The maximum absolute atomic E-state index is 13.4. The molecule has 0 spiro atoms. The topological polar surface area (TPSA) is 95.5 Å². The Kier molecular flexibility index (Phi) is 5.63. The van der Waals surface area contributed by atoms with Gasteiger partial charge in [0, 0.05) is 10.9 Å². The Morgan fingerprint density at radius 1 is 0.903 bits per heavy atom. The predicted molar refractivity (Wildman–Crippen MR) is 119 cm³/mol. The number of thiophene rings is 1. The van der Waals surface area contributed by atoms with Crippen LogP contribution in [-0.2, 0) is 22.4 Å². The molecule has 2 amide bonds. The van der Waals surface area contributed by atoms with Crippen LogP contribution in [0.15, 0.2) is 12.2 Å². The number of carbonyl (C=O) groups excluding carboxylic acids is 2. The number of aliphatic carboxylic acids is 1. The van der Waals surface area contributed by atoms with Crippen molar-refractivity contribution < 1.29 is 19.5 Å². The summed E-state index contributed by atoms with van der Waals surface area (Å²) in [5, 5.41) is 16.6. The van der Waals surface area contributed by atoms with Gasteiger partial charge in [-0.05, 0) is 68.8 Å². The summed E-state index contributed by atoms with van der Waals surface area (Å²) in [5.41, 5.74) is 1.71. The summed E-state index contributed by atoms with van der Waals surface area (Å²) in [6.45, 7) is 0. The van der Waals surface area contributed by atoms with Crippen molar-refractivity contribution in [3.8, 4) is 0 Å². The van der Waals surface area contributed by atoms with Crippen LogP contribution in [0.2, 0.25) is 0 Å². The molecule has 7 heteroatoms. The molecule has 6 nitrogen and oxygen atoms in total. The van der Waals surface area contributed by atoms with Crippen molar-refractivity contribution in [3.63, 3.8) is 0 Å². The molecule has 1 aromatic heterocycles. The molecule has 31 heavy (non-hydrogen) atoms. The van der Waals surface area contributed by atoms with Crippen LogP contribution in [0, 0.1) is 23.7 Å². The molecule has 0 unspecified atom stereocenters. The van der Waals surface area contributed by atoms with Crippen LogP contribution in [0.5, 0.6) is 0 Å². The highest BCUT2D eigenvalue weighted by Gasteiger charge is 2.48. The quantitative estimate of drug-likeness (QED) is 0.597. The van der Waals surface area contributed by atoms with Crippen LogP contribution in [0.25, 0.3) is 0 Å². The van der Waals surface area contributed by atoms with Gasteiger partial charge < -0.3 is 15.7 Å². The third-order valence-corrected chi connectivity index (χ3v) is 8.87. The Morgan fingerprint density at radius 2 is 1.58 bits per heavy atom. The van der Waals surface area contributed by atoms with Gasteiger partial charge in [0.1, 0.15) is 5.00 Å². The highest BCUT2D eigenvalue weighted by Crippen LogP contribution is 2.46. The predicted octanol–water partition coefficient (Wildman–Crippen LogP) is 4.15. The molecule has 2 saturated carbocycles. The first-order chi connectivity index (χ1) is 15.0. The zero-order valence-electron chi connectivity index (χ0n) is 17.7. The van der Waals surface area contributed by atoms with Gasteiger partial charge in [0.05, 0.1) is 17.4 Å². The first-order valence-electron chi connectivity index (χ1n) is 11.7. The molecule has 2 fully saturated rings. The lowest BCUT2D eigenvalue weighted by atomic mass is 9.62. The summed E-state index contributed by atoms with van der Waals surface area (Å²) in [4.78, 5) is 39.8. The van der Waals surface area contributed by atoms with Gasteiger partial charge in [0.2, 0.25) is 5.91 Å². The smallest absolute Gasteiger partial charge is 0.307 e. The molecule has 0 aliphatic heterocycles. The zero-order chi connectivity index (χ0) is 21.5. The van der Waals surface area contributed by atoms with Crippen molar-refractivity contribution >= 4 is 34.1 Å². The summed E-state index contributed by atoms with van der Waals surface area (Å²) in [7, 11) is 0. The first-order valence-corrected chi connectivity index (χ1v) is 12.5. The number of fused-ring (bicyclic) bond motifs is 3. The van der Waals surface area contributed by atoms with Crippen molar-refractivity contribution in [2.75, 3.05) is 5.32 Å². The molecule has 166 valence electrons. The molecule has 5 aliphatic carbocycles. The molecule has 1 heterocycles. The SMILES string of the molecule is O=C(NC1CCCC1)c1c(NC(=O)[C@@H]2[C@@H](C(=O)O)[C@H]3C=C[C@@H]2CC3)sc2c1CCCC2. The summed E-state index contributed by atoms with van der Waals surface area (Å²) < 4.78 is 0. The maximum atomic E-state index is 13.4. The van der Waals surface area contributed by atoms with E-state index in [4.69, 9.17) is 0 Å². The molecule has 0 aromatic carbocycles. The highest BCUT2D eigenvalue weighted by molar-refractivity contribution is 7.17. The van der Waals surface area contributed by atoms with Crippen molar-refractivity contribution in [2.45, 2.75) is 70.3 Å². The second-order valence-corrected chi connectivity index (χ2v) is 10.6. The van der Waals surface area contributed by atoms with E-state index in [1.54, 1.807) is 0 Å². The number of amides is 2. The average Bonchev–Trinajstić information content (AvgIpc) is 3.40. The van der Waals surface area contributed by atoms with Crippen molar-refractivity contribution in [2.24, 2.45) is 23.7 Å². The standard InChI is InChI=1S/C24H30N2O4S/c27-21(18-13-9-11-14(12-10-13)19(18)24(29)30)26-23-20(16-7-3-4-8-17(16)31-23)22(28)25-15-5-1-2-6-15/h9,11,13-15,18-19H,1-8,10,12H2,(H,25,28)(H,26,27)(H,29,30)/t13-,14+,18+,19+/m1/s1. The lowest BCUT2D eigenvalue weighted by molar-refractivity contribution is -0.151. The van der Waals surface area contributed by atoms with Crippen LogP contribution in [0.3, 0.4) is 0 Å². The average molecular weight is 443 g/mol. The second-order valence-electron chi connectivity index (χ2n) is 9.54. The monoisotopic (exact) mass is 442 g/mol. The Labute approximate surface area is 186 Å². The van der Waals surface area contributed by atoms with Crippen LogP contribution in [0.1, 0.15) is 72.2 Å². The second kappa shape index (κ2) is 8.41. The Bertz CT molecular complexity index is 930. The van der Waals surface area contributed by atoms with Gasteiger partial charge in [-0.1, -0.05) is 25.0 Å².